The van der Waals surface area contributed by atoms with Gasteiger partial charge in [0.15, 0.2) is 0 Å². The molecule has 0 saturated carbocycles. The molecule has 0 bridgehead atoms. The smallest absolute Gasteiger partial charge is 0.318 e. The van der Waals surface area contributed by atoms with Gasteiger partial charge in [-0.1, -0.05) is 12.1 Å². The van der Waals surface area contributed by atoms with E-state index in [4.69, 9.17) is 9.47 Å². The van der Waals surface area contributed by atoms with Crippen LogP contribution in [0.3, 0.4) is 0 Å². The second-order valence-electron chi connectivity index (χ2n) is 8.47. The lowest BCUT2D eigenvalue weighted by Crippen LogP contribution is -2.43. The largest absolute Gasteiger partial charge is 0.491 e. The highest BCUT2D eigenvalue weighted by Gasteiger charge is 2.20. The van der Waals surface area contributed by atoms with Crippen molar-refractivity contribution in [2.45, 2.75) is 45.7 Å². The molecular weight excluding hydrogens is 396 g/mol. The van der Waals surface area contributed by atoms with Crippen molar-refractivity contribution in [2.24, 2.45) is 0 Å². The molecule has 2 N–H and O–H groups in total. The quantitative estimate of drug-likeness (QED) is 0.612. The Bertz CT molecular complexity index is 734. The lowest BCUT2D eigenvalue weighted by Gasteiger charge is -2.26. The highest BCUT2D eigenvalue weighted by Crippen LogP contribution is 2.25. The van der Waals surface area contributed by atoms with Crippen LogP contribution in [0.5, 0.6) is 5.75 Å². The third kappa shape index (κ3) is 7.70. The summed E-state index contributed by atoms with van der Waals surface area (Å²) in [5.74, 6) is 0.891. The molecule has 2 aliphatic heterocycles. The number of carbonyl (C=O) groups excluding carboxylic acids is 2. The van der Waals surface area contributed by atoms with E-state index >= 15 is 0 Å². The Hall–Kier alpha value is -2.32. The molecule has 0 atom stereocenters. The predicted octanol–water partition coefficient (Wildman–Crippen LogP) is 1.77. The van der Waals surface area contributed by atoms with E-state index in [0.717, 1.165) is 56.1 Å². The van der Waals surface area contributed by atoms with Crippen molar-refractivity contribution < 1.29 is 19.1 Å². The van der Waals surface area contributed by atoms with Crippen LogP contribution in [0, 0.1) is 0 Å². The fourth-order valence-electron chi connectivity index (χ4n) is 3.82. The number of urea groups is 1. The van der Waals surface area contributed by atoms with Crippen molar-refractivity contribution in [3.8, 4) is 5.75 Å². The molecule has 172 valence electrons. The van der Waals surface area contributed by atoms with Crippen LogP contribution in [0.25, 0.3) is 0 Å². The maximum atomic E-state index is 12.4. The summed E-state index contributed by atoms with van der Waals surface area (Å²) in [6, 6.07) is 6.04. The molecule has 1 saturated heterocycles. The first-order valence-electron chi connectivity index (χ1n) is 11.4. The fraction of sp³-hybridized carbons (Fsp3) is 0.652. The zero-order valence-electron chi connectivity index (χ0n) is 18.8. The zero-order valence-corrected chi connectivity index (χ0v) is 18.8. The van der Waals surface area contributed by atoms with Crippen LogP contribution in [0.4, 0.5) is 4.79 Å². The number of nitrogens with zero attached hydrogens (tertiary/aromatic N) is 2. The standard InChI is InChI=1S/C23H36N4O4/c1-18(2)25-23(29)27-12-15-31-21-6-4-19(16-20(21)17-27)5-7-22(28)24-8-3-9-26-10-13-30-14-11-26/h4,6,16,18H,3,5,7-15,17H2,1-2H3,(H,24,28)(H,25,29). The van der Waals surface area contributed by atoms with Crippen LogP contribution in [0.15, 0.2) is 18.2 Å². The van der Waals surface area contributed by atoms with Crippen LogP contribution < -0.4 is 15.4 Å². The van der Waals surface area contributed by atoms with Gasteiger partial charge in [-0.05, 0) is 44.9 Å². The summed E-state index contributed by atoms with van der Waals surface area (Å²) in [6.07, 6.45) is 2.08. The van der Waals surface area contributed by atoms with Crippen molar-refractivity contribution in [1.82, 2.24) is 20.4 Å². The third-order valence-electron chi connectivity index (χ3n) is 5.52. The highest BCUT2D eigenvalue weighted by molar-refractivity contribution is 5.76. The van der Waals surface area contributed by atoms with E-state index in [1.807, 2.05) is 26.0 Å². The summed E-state index contributed by atoms with van der Waals surface area (Å²) < 4.78 is 11.2. The number of fused-ring (bicyclic) bond motifs is 1. The van der Waals surface area contributed by atoms with Crippen molar-refractivity contribution in [1.29, 1.82) is 0 Å². The molecule has 0 radical (unpaired) electrons. The molecule has 0 aliphatic carbocycles. The van der Waals surface area contributed by atoms with E-state index in [0.29, 0.717) is 39.1 Å². The number of rotatable bonds is 8. The van der Waals surface area contributed by atoms with Gasteiger partial charge in [-0.15, -0.1) is 0 Å². The Morgan fingerprint density at radius 2 is 1.94 bits per heavy atom. The zero-order chi connectivity index (χ0) is 22.1. The summed E-state index contributed by atoms with van der Waals surface area (Å²) in [4.78, 5) is 28.8. The van der Waals surface area contributed by atoms with Crippen molar-refractivity contribution in [2.75, 3.05) is 52.5 Å². The molecule has 0 spiro atoms. The van der Waals surface area contributed by atoms with Gasteiger partial charge in [0, 0.05) is 37.7 Å². The van der Waals surface area contributed by atoms with Crippen LogP contribution in [-0.4, -0.2) is 80.3 Å². The summed E-state index contributed by atoms with van der Waals surface area (Å²) in [5, 5.41) is 5.96. The Balaban J connectivity index is 1.43. The molecule has 2 aliphatic rings. The highest BCUT2D eigenvalue weighted by atomic mass is 16.5. The maximum Gasteiger partial charge on any atom is 0.318 e. The van der Waals surface area contributed by atoms with Gasteiger partial charge >= 0.3 is 6.03 Å². The average Bonchev–Trinajstić information content (AvgIpc) is 2.98. The SMILES string of the molecule is CC(C)NC(=O)N1CCOc2ccc(CCC(=O)NCCCN3CCOCC3)cc2C1. The topological polar surface area (TPSA) is 83.1 Å². The van der Waals surface area contributed by atoms with Gasteiger partial charge in [0.25, 0.3) is 0 Å². The van der Waals surface area contributed by atoms with E-state index in [9.17, 15) is 9.59 Å². The number of morpholine rings is 1. The summed E-state index contributed by atoms with van der Waals surface area (Å²) in [6.45, 7) is 10.7. The average molecular weight is 433 g/mol. The number of carbonyl (C=O) groups is 2. The van der Waals surface area contributed by atoms with Gasteiger partial charge in [0.05, 0.1) is 26.3 Å². The van der Waals surface area contributed by atoms with E-state index in [1.165, 1.54) is 0 Å². The summed E-state index contributed by atoms with van der Waals surface area (Å²) in [7, 11) is 0. The summed E-state index contributed by atoms with van der Waals surface area (Å²) >= 11 is 0. The minimum absolute atomic E-state index is 0.0751. The number of nitrogens with one attached hydrogen (secondary N) is 2. The maximum absolute atomic E-state index is 12.4. The monoisotopic (exact) mass is 432 g/mol. The molecule has 8 nitrogen and oxygen atoms in total. The van der Waals surface area contributed by atoms with Crippen LogP contribution in [0.1, 0.15) is 37.8 Å². The van der Waals surface area contributed by atoms with E-state index in [2.05, 4.69) is 21.6 Å². The normalized spacial score (nSPS) is 16.9. The lowest BCUT2D eigenvalue weighted by molar-refractivity contribution is -0.121. The van der Waals surface area contributed by atoms with Crippen LogP contribution in [0.2, 0.25) is 0 Å². The van der Waals surface area contributed by atoms with Crippen molar-refractivity contribution >= 4 is 11.9 Å². The van der Waals surface area contributed by atoms with Gasteiger partial charge in [-0.3, -0.25) is 9.69 Å². The summed E-state index contributed by atoms with van der Waals surface area (Å²) in [5.41, 5.74) is 2.07. The number of hydrogen-bond donors (Lipinski definition) is 2. The predicted molar refractivity (Wildman–Crippen MR) is 119 cm³/mol. The second kappa shape index (κ2) is 11.9. The molecule has 2 heterocycles. The molecule has 3 rings (SSSR count). The van der Waals surface area contributed by atoms with Crippen LogP contribution in [-0.2, 0) is 22.5 Å². The molecule has 8 heteroatoms. The molecule has 1 aromatic rings. The Morgan fingerprint density at radius 3 is 2.71 bits per heavy atom. The Labute approximate surface area is 185 Å². The number of benzene rings is 1. The first kappa shape index (κ1) is 23.3. The number of amides is 3. The second-order valence-corrected chi connectivity index (χ2v) is 8.47. The Morgan fingerprint density at radius 1 is 1.13 bits per heavy atom. The van der Waals surface area contributed by atoms with Gasteiger partial charge in [-0.2, -0.15) is 0 Å². The first-order valence-corrected chi connectivity index (χ1v) is 11.4. The molecule has 0 unspecified atom stereocenters. The molecule has 31 heavy (non-hydrogen) atoms. The van der Waals surface area contributed by atoms with Gasteiger partial charge < -0.3 is 25.0 Å². The van der Waals surface area contributed by atoms with E-state index < -0.39 is 0 Å². The third-order valence-corrected chi connectivity index (χ3v) is 5.52. The lowest BCUT2D eigenvalue weighted by atomic mass is 10.0. The van der Waals surface area contributed by atoms with Gasteiger partial charge in [0.1, 0.15) is 12.4 Å². The van der Waals surface area contributed by atoms with E-state index in [1.54, 1.807) is 4.90 Å². The van der Waals surface area contributed by atoms with Crippen molar-refractivity contribution in [3.05, 3.63) is 29.3 Å². The minimum atomic E-state index is -0.0756. The number of ether oxygens (including phenoxy) is 2. The first-order chi connectivity index (χ1) is 15.0. The molecule has 3 amide bonds. The molecule has 1 fully saturated rings. The van der Waals surface area contributed by atoms with Crippen LogP contribution >= 0.6 is 0 Å². The fourth-order valence-corrected chi connectivity index (χ4v) is 3.82. The molecule has 1 aromatic carbocycles. The van der Waals surface area contributed by atoms with Gasteiger partial charge in [0.2, 0.25) is 5.91 Å². The minimum Gasteiger partial charge on any atom is -0.491 e. The number of hydrogen-bond acceptors (Lipinski definition) is 5. The number of aryl methyl sites for hydroxylation is 1. The van der Waals surface area contributed by atoms with Gasteiger partial charge in [-0.25, -0.2) is 4.79 Å². The Kier molecular flexibility index (Phi) is 8.97. The van der Waals surface area contributed by atoms with E-state index in [-0.39, 0.29) is 18.0 Å². The molecule has 0 aromatic heterocycles. The molecular formula is C23H36N4O4. The van der Waals surface area contributed by atoms with Crippen molar-refractivity contribution in [3.63, 3.8) is 0 Å².